The summed E-state index contributed by atoms with van der Waals surface area (Å²) in [7, 11) is 0. The van der Waals surface area contributed by atoms with Gasteiger partial charge in [0.05, 0.1) is 12.1 Å². The van der Waals surface area contributed by atoms with Crippen molar-refractivity contribution in [2.45, 2.75) is 65.8 Å². The summed E-state index contributed by atoms with van der Waals surface area (Å²) in [5.74, 6) is 1.29. The molecule has 1 aliphatic heterocycles. The Bertz CT molecular complexity index is 1080. The van der Waals surface area contributed by atoms with E-state index in [1.807, 2.05) is 12.1 Å². The Balaban J connectivity index is 1.18. The Morgan fingerprint density at radius 1 is 1.14 bits per heavy atom. The molecule has 0 radical (unpaired) electrons. The van der Waals surface area contributed by atoms with Crippen LogP contribution in [0.15, 0.2) is 36.5 Å². The Morgan fingerprint density at radius 2 is 1.94 bits per heavy atom. The zero-order chi connectivity index (χ0) is 25.3. The lowest BCUT2D eigenvalue weighted by atomic mass is 9.69. The summed E-state index contributed by atoms with van der Waals surface area (Å²) in [5.41, 5.74) is 3.38. The topological polar surface area (TPSA) is 73.4 Å². The standard InChI is InChI=1S/C29H42N6O/c1-5-13-34-14-16-35(17-15-34)24-8-6-7-22(19-24)31-27-30-12-10-23(32-27)20-26(36)33-25-18-21-9-11-29(25,4)28(21,2)3/h6-8,10,12,19,21,25H,5,9,11,13-18,20H2,1-4H3,(H,33,36)(H,30,31,32). The van der Waals surface area contributed by atoms with Crippen LogP contribution in [0.4, 0.5) is 17.3 Å². The Morgan fingerprint density at radius 3 is 2.64 bits per heavy atom. The average molecular weight is 491 g/mol. The Hall–Kier alpha value is -2.67. The van der Waals surface area contributed by atoms with Gasteiger partial charge in [-0.05, 0) is 73.2 Å². The predicted molar refractivity (Wildman–Crippen MR) is 146 cm³/mol. The van der Waals surface area contributed by atoms with Gasteiger partial charge in [0.15, 0.2) is 0 Å². The molecule has 7 heteroatoms. The number of aromatic nitrogens is 2. The van der Waals surface area contributed by atoms with Crippen molar-refractivity contribution in [1.29, 1.82) is 0 Å². The molecular weight excluding hydrogens is 448 g/mol. The first-order valence-corrected chi connectivity index (χ1v) is 13.7. The van der Waals surface area contributed by atoms with E-state index in [4.69, 9.17) is 0 Å². The molecule has 1 saturated heterocycles. The highest BCUT2D eigenvalue weighted by Crippen LogP contribution is 2.65. The third-order valence-corrected chi connectivity index (χ3v) is 9.56. The van der Waals surface area contributed by atoms with Crippen LogP contribution in [-0.2, 0) is 11.2 Å². The normalized spacial score (nSPS) is 27.3. The highest BCUT2D eigenvalue weighted by molar-refractivity contribution is 5.78. The first-order chi connectivity index (χ1) is 17.3. The molecule has 0 spiro atoms. The van der Waals surface area contributed by atoms with Crippen LogP contribution in [-0.4, -0.2) is 59.5 Å². The van der Waals surface area contributed by atoms with Crippen LogP contribution in [0.25, 0.3) is 0 Å². The van der Waals surface area contributed by atoms with E-state index in [-0.39, 0.29) is 29.2 Å². The van der Waals surface area contributed by atoms with Crippen LogP contribution in [0.1, 0.15) is 59.1 Å². The molecule has 36 heavy (non-hydrogen) atoms. The first kappa shape index (κ1) is 25.0. The number of rotatable bonds is 8. The molecule has 194 valence electrons. The zero-order valence-electron chi connectivity index (χ0n) is 22.4. The summed E-state index contributed by atoms with van der Waals surface area (Å²) in [5, 5.41) is 6.70. The van der Waals surface area contributed by atoms with Crippen LogP contribution in [0, 0.1) is 16.7 Å². The van der Waals surface area contributed by atoms with E-state index in [9.17, 15) is 4.79 Å². The minimum absolute atomic E-state index is 0.0541. The van der Waals surface area contributed by atoms with Gasteiger partial charge in [-0.3, -0.25) is 9.69 Å². The van der Waals surface area contributed by atoms with Gasteiger partial charge in [0.2, 0.25) is 11.9 Å². The highest BCUT2D eigenvalue weighted by Gasteiger charge is 2.61. The molecule has 1 aromatic carbocycles. The number of nitrogens with one attached hydrogen (secondary N) is 2. The van der Waals surface area contributed by atoms with Gasteiger partial charge in [0, 0.05) is 49.8 Å². The maximum Gasteiger partial charge on any atom is 0.227 e. The van der Waals surface area contributed by atoms with E-state index >= 15 is 0 Å². The minimum atomic E-state index is 0.0541. The van der Waals surface area contributed by atoms with Gasteiger partial charge in [-0.1, -0.05) is 33.8 Å². The lowest BCUT2D eigenvalue weighted by Crippen LogP contribution is -2.47. The number of carbonyl (C=O) groups is 1. The van der Waals surface area contributed by atoms with Gasteiger partial charge < -0.3 is 15.5 Å². The molecule has 2 N–H and O–H groups in total. The highest BCUT2D eigenvalue weighted by atomic mass is 16.1. The fourth-order valence-corrected chi connectivity index (χ4v) is 6.84. The van der Waals surface area contributed by atoms with Crippen molar-refractivity contribution in [3.8, 4) is 0 Å². The predicted octanol–water partition coefficient (Wildman–Crippen LogP) is 4.63. The molecule has 3 atom stereocenters. The van der Waals surface area contributed by atoms with Crippen LogP contribution in [0.5, 0.6) is 0 Å². The van der Waals surface area contributed by atoms with E-state index in [0.717, 1.165) is 44.0 Å². The molecule has 2 aromatic rings. The second kappa shape index (κ2) is 10.0. The fraction of sp³-hybridized carbons (Fsp3) is 0.621. The van der Waals surface area contributed by atoms with Crippen molar-refractivity contribution in [1.82, 2.24) is 20.2 Å². The van der Waals surface area contributed by atoms with Crippen LogP contribution < -0.4 is 15.5 Å². The van der Waals surface area contributed by atoms with Gasteiger partial charge in [0.25, 0.3) is 0 Å². The number of fused-ring (bicyclic) bond motifs is 2. The monoisotopic (exact) mass is 490 g/mol. The average Bonchev–Trinajstić information content (AvgIpc) is 3.19. The van der Waals surface area contributed by atoms with Crippen LogP contribution >= 0.6 is 0 Å². The Labute approximate surface area is 216 Å². The van der Waals surface area contributed by atoms with Crippen molar-refractivity contribution in [2.75, 3.05) is 42.9 Å². The van der Waals surface area contributed by atoms with E-state index in [1.54, 1.807) is 6.20 Å². The van der Waals surface area contributed by atoms with Gasteiger partial charge in [-0.15, -0.1) is 0 Å². The first-order valence-electron chi connectivity index (χ1n) is 13.7. The summed E-state index contributed by atoms with van der Waals surface area (Å²) in [6.07, 6.45) is 6.79. The molecule has 3 fully saturated rings. The number of piperazine rings is 1. The molecule has 2 heterocycles. The molecule has 2 saturated carbocycles. The summed E-state index contributed by atoms with van der Waals surface area (Å²) < 4.78 is 0. The van der Waals surface area contributed by atoms with Crippen molar-refractivity contribution in [3.63, 3.8) is 0 Å². The summed E-state index contributed by atoms with van der Waals surface area (Å²) in [6, 6.07) is 10.5. The molecule has 5 rings (SSSR count). The smallest absolute Gasteiger partial charge is 0.227 e. The lowest BCUT2D eigenvalue weighted by molar-refractivity contribution is -0.122. The van der Waals surface area contributed by atoms with Gasteiger partial charge in [-0.2, -0.15) is 0 Å². The van der Waals surface area contributed by atoms with Crippen molar-refractivity contribution in [3.05, 3.63) is 42.2 Å². The third-order valence-electron chi connectivity index (χ3n) is 9.56. The quantitative estimate of drug-likeness (QED) is 0.562. The zero-order valence-corrected chi connectivity index (χ0v) is 22.4. The van der Waals surface area contributed by atoms with E-state index in [0.29, 0.717) is 11.9 Å². The second-order valence-corrected chi connectivity index (χ2v) is 11.8. The van der Waals surface area contributed by atoms with Crippen LogP contribution in [0.2, 0.25) is 0 Å². The van der Waals surface area contributed by atoms with Crippen molar-refractivity contribution in [2.24, 2.45) is 16.7 Å². The third kappa shape index (κ3) is 4.82. The fourth-order valence-electron chi connectivity index (χ4n) is 6.84. The van der Waals surface area contributed by atoms with Gasteiger partial charge in [-0.25, -0.2) is 9.97 Å². The number of amides is 1. The SMILES string of the molecule is CCCN1CCN(c2cccc(Nc3nccc(CC(=O)NC4CC5CCC4(C)C5(C)C)n3)c2)CC1. The molecule has 1 aromatic heterocycles. The molecule has 2 aliphatic carbocycles. The number of hydrogen-bond donors (Lipinski definition) is 2. The second-order valence-electron chi connectivity index (χ2n) is 11.8. The molecule has 1 amide bonds. The summed E-state index contributed by atoms with van der Waals surface area (Å²) in [4.78, 5) is 27.0. The maximum absolute atomic E-state index is 13.0. The molecule has 3 unspecified atom stereocenters. The minimum Gasteiger partial charge on any atom is -0.369 e. The number of anilines is 3. The molecule has 3 aliphatic rings. The lowest BCUT2D eigenvalue weighted by Gasteiger charge is -2.39. The Kier molecular flexibility index (Phi) is 6.95. The van der Waals surface area contributed by atoms with Crippen LogP contribution in [0.3, 0.4) is 0 Å². The van der Waals surface area contributed by atoms with E-state index in [2.05, 4.69) is 76.3 Å². The largest absolute Gasteiger partial charge is 0.369 e. The number of benzene rings is 1. The number of hydrogen-bond acceptors (Lipinski definition) is 6. The molecular formula is C29H42N6O. The van der Waals surface area contributed by atoms with Crippen molar-refractivity contribution < 1.29 is 4.79 Å². The van der Waals surface area contributed by atoms with E-state index in [1.165, 1.54) is 31.5 Å². The number of nitrogens with zero attached hydrogens (tertiary/aromatic N) is 4. The molecule has 7 nitrogen and oxygen atoms in total. The summed E-state index contributed by atoms with van der Waals surface area (Å²) >= 11 is 0. The van der Waals surface area contributed by atoms with E-state index < -0.39 is 0 Å². The maximum atomic E-state index is 13.0. The van der Waals surface area contributed by atoms with Crippen molar-refractivity contribution >= 4 is 23.2 Å². The molecule has 2 bridgehead atoms. The van der Waals surface area contributed by atoms with Gasteiger partial charge >= 0.3 is 0 Å². The number of carbonyl (C=O) groups excluding carboxylic acids is 1. The van der Waals surface area contributed by atoms with Gasteiger partial charge in [0.1, 0.15) is 0 Å². The summed E-state index contributed by atoms with van der Waals surface area (Å²) in [6.45, 7) is 14.8.